The van der Waals surface area contributed by atoms with E-state index >= 15 is 0 Å². The highest BCUT2D eigenvalue weighted by atomic mass is 16.5. The van der Waals surface area contributed by atoms with Crippen molar-refractivity contribution in [3.63, 3.8) is 0 Å². The number of ether oxygens (including phenoxy) is 1. The van der Waals surface area contributed by atoms with E-state index in [1.165, 1.54) is 7.11 Å². The number of esters is 1. The van der Waals surface area contributed by atoms with Crippen LogP contribution in [0.4, 0.5) is 0 Å². The van der Waals surface area contributed by atoms with Crippen molar-refractivity contribution in [1.29, 1.82) is 0 Å². The number of rotatable bonds is 5. The Bertz CT molecular complexity index is 467. The molecule has 1 N–H and O–H groups in total. The van der Waals surface area contributed by atoms with Crippen LogP contribution >= 0.6 is 0 Å². The van der Waals surface area contributed by atoms with Crippen LogP contribution in [-0.2, 0) is 11.3 Å². The van der Waals surface area contributed by atoms with Gasteiger partial charge in [-0.25, -0.2) is 4.79 Å². The van der Waals surface area contributed by atoms with Crippen LogP contribution < -0.4 is 0 Å². The molecular formula is C16H23NO3. The van der Waals surface area contributed by atoms with E-state index in [9.17, 15) is 9.90 Å². The first-order valence-electron chi connectivity index (χ1n) is 7.11. The molecule has 1 fully saturated rings. The average Bonchev–Trinajstić information content (AvgIpc) is 2.84. The third-order valence-corrected chi connectivity index (χ3v) is 3.90. The molecule has 1 aliphatic carbocycles. The smallest absolute Gasteiger partial charge is 0.337 e. The van der Waals surface area contributed by atoms with Crippen molar-refractivity contribution in [2.24, 2.45) is 0 Å². The molecule has 4 heteroatoms. The van der Waals surface area contributed by atoms with Crippen LogP contribution in [-0.4, -0.2) is 42.3 Å². The van der Waals surface area contributed by atoms with Crippen molar-refractivity contribution < 1.29 is 14.6 Å². The zero-order valence-electron chi connectivity index (χ0n) is 12.3. The monoisotopic (exact) mass is 277 g/mol. The number of benzene rings is 1. The molecule has 0 aliphatic heterocycles. The molecule has 110 valence electrons. The van der Waals surface area contributed by atoms with Crippen molar-refractivity contribution in [2.75, 3.05) is 20.7 Å². The summed E-state index contributed by atoms with van der Waals surface area (Å²) in [5.74, 6) is -0.316. The number of hydrogen-bond donors (Lipinski definition) is 1. The lowest BCUT2D eigenvalue weighted by atomic mass is 10.0. The molecule has 1 aliphatic rings. The molecule has 0 heterocycles. The van der Waals surface area contributed by atoms with Crippen molar-refractivity contribution in [3.8, 4) is 0 Å². The van der Waals surface area contributed by atoms with Crippen LogP contribution in [0, 0.1) is 0 Å². The van der Waals surface area contributed by atoms with Gasteiger partial charge in [0, 0.05) is 13.1 Å². The van der Waals surface area contributed by atoms with E-state index in [0.717, 1.165) is 31.2 Å². The molecule has 1 saturated carbocycles. The maximum atomic E-state index is 11.5. The van der Waals surface area contributed by atoms with Gasteiger partial charge in [0.15, 0.2) is 0 Å². The van der Waals surface area contributed by atoms with E-state index in [-0.39, 0.29) is 5.97 Å². The third kappa shape index (κ3) is 3.81. The first-order chi connectivity index (χ1) is 9.52. The lowest BCUT2D eigenvalue weighted by Crippen LogP contribution is -2.38. The lowest BCUT2D eigenvalue weighted by molar-refractivity contribution is 0.0145. The zero-order chi connectivity index (χ0) is 14.6. The van der Waals surface area contributed by atoms with Gasteiger partial charge in [-0.2, -0.15) is 0 Å². The average molecular weight is 277 g/mol. The van der Waals surface area contributed by atoms with Gasteiger partial charge in [0.05, 0.1) is 18.3 Å². The van der Waals surface area contributed by atoms with Gasteiger partial charge in [-0.05, 0) is 37.6 Å². The predicted molar refractivity (Wildman–Crippen MR) is 77.5 cm³/mol. The zero-order valence-corrected chi connectivity index (χ0v) is 12.3. The molecule has 0 amide bonds. The molecule has 0 aromatic heterocycles. The highest BCUT2D eigenvalue weighted by molar-refractivity contribution is 5.89. The molecule has 4 nitrogen and oxygen atoms in total. The second kappa shape index (κ2) is 6.37. The van der Waals surface area contributed by atoms with E-state index < -0.39 is 5.60 Å². The van der Waals surface area contributed by atoms with Crippen molar-refractivity contribution in [3.05, 3.63) is 35.4 Å². The summed E-state index contributed by atoms with van der Waals surface area (Å²) >= 11 is 0. The molecule has 1 aromatic carbocycles. The van der Waals surface area contributed by atoms with Crippen LogP contribution in [0.15, 0.2) is 24.3 Å². The largest absolute Gasteiger partial charge is 0.465 e. The molecule has 0 spiro atoms. The minimum Gasteiger partial charge on any atom is -0.465 e. The summed E-state index contributed by atoms with van der Waals surface area (Å²) in [4.78, 5) is 13.6. The number of hydrogen-bond acceptors (Lipinski definition) is 4. The number of carbonyl (C=O) groups is 1. The van der Waals surface area contributed by atoms with Crippen LogP contribution in [0.3, 0.4) is 0 Å². The van der Waals surface area contributed by atoms with Gasteiger partial charge in [-0.1, -0.05) is 25.0 Å². The number of methoxy groups -OCH3 is 1. The second-order valence-electron chi connectivity index (χ2n) is 5.80. The molecule has 0 atom stereocenters. The van der Waals surface area contributed by atoms with Gasteiger partial charge >= 0.3 is 5.97 Å². The predicted octanol–water partition coefficient (Wildman–Crippen LogP) is 2.21. The summed E-state index contributed by atoms with van der Waals surface area (Å²) in [6.07, 6.45) is 4.00. The Hall–Kier alpha value is -1.39. The Morgan fingerprint density at radius 3 is 2.75 bits per heavy atom. The van der Waals surface area contributed by atoms with Crippen molar-refractivity contribution >= 4 is 5.97 Å². The number of nitrogens with zero attached hydrogens (tertiary/aromatic N) is 1. The van der Waals surface area contributed by atoms with Gasteiger partial charge < -0.3 is 9.84 Å². The Balaban J connectivity index is 1.97. The standard InChI is InChI=1S/C16H23NO3/c1-17(12-16(19)8-3-4-9-16)11-13-6-5-7-14(10-13)15(18)20-2/h5-7,10,19H,3-4,8-9,11-12H2,1-2H3. The van der Waals surface area contributed by atoms with Crippen LogP contribution in [0.1, 0.15) is 41.6 Å². The highest BCUT2D eigenvalue weighted by Crippen LogP contribution is 2.30. The maximum Gasteiger partial charge on any atom is 0.337 e. The maximum absolute atomic E-state index is 11.5. The molecule has 0 saturated heterocycles. The summed E-state index contributed by atoms with van der Waals surface area (Å²) in [5.41, 5.74) is 1.09. The molecular weight excluding hydrogens is 254 g/mol. The van der Waals surface area contributed by atoms with E-state index in [1.807, 2.05) is 25.2 Å². The van der Waals surface area contributed by atoms with Crippen LogP contribution in [0.2, 0.25) is 0 Å². The van der Waals surface area contributed by atoms with E-state index in [0.29, 0.717) is 18.7 Å². The summed E-state index contributed by atoms with van der Waals surface area (Å²) in [5, 5.41) is 10.4. The van der Waals surface area contributed by atoms with Gasteiger partial charge in [0.2, 0.25) is 0 Å². The Labute approximate surface area is 120 Å². The van der Waals surface area contributed by atoms with Gasteiger partial charge in [0.25, 0.3) is 0 Å². The third-order valence-electron chi connectivity index (χ3n) is 3.90. The molecule has 0 radical (unpaired) electrons. The molecule has 20 heavy (non-hydrogen) atoms. The normalized spacial score (nSPS) is 17.4. The second-order valence-corrected chi connectivity index (χ2v) is 5.80. The highest BCUT2D eigenvalue weighted by Gasteiger charge is 2.32. The summed E-state index contributed by atoms with van der Waals surface area (Å²) in [7, 11) is 3.39. The summed E-state index contributed by atoms with van der Waals surface area (Å²) in [6, 6.07) is 7.45. The SMILES string of the molecule is COC(=O)c1cccc(CN(C)CC2(O)CCCC2)c1. The first-order valence-corrected chi connectivity index (χ1v) is 7.11. The van der Waals surface area contributed by atoms with Gasteiger partial charge in [-0.3, -0.25) is 4.90 Å². The Kier molecular flexibility index (Phi) is 4.78. The molecule has 0 unspecified atom stereocenters. The summed E-state index contributed by atoms with van der Waals surface area (Å²) in [6.45, 7) is 1.39. The van der Waals surface area contributed by atoms with Gasteiger partial charge in [0.1, 0.15) is 0 Å². The fourth-order valence-corrected chi connectivity index (χ4v) is 2.98. The number of aliphatic hydroxyl groups is 1. The number of likely N-dealkylation sites (N-methyl/N-ethyl adjacent to an activating group) is 1. The quantitative estimate of drug-likeness (QED) is 0.838. The fraction of sp³-hybridized carbons (Fsp3) is 0.562. The van der Waals surface area contributed by atoms with Gasteiger partial charge in [-0.15, -0.1) is 0 Å². The van der Waals surface area contributed by atoms with Crippen molar-refractivity contribution in [1.82, 2.24) is 4.90 Å². The molecule has 1 aromatic rings. The van der Waals surface area contributed by atoms with E-state index in [4.69, 9.17) is 4.74 Å². The molecule has 2 rings (SSSR count). The van der Waals surface area contributed by atoms with E-state index in [1.54, 1.807) is 6.07 Å². The fourth-order valence-electron chi connectivity index (χ4n) is 2.98. The Morgan fingerprint density at radius 1 is 1.40 bits per heavy atom. The summed E-state index contributed by atoms with van der Waals surface area (Å²) < 4.78 is 4.73. The minimum atomic E-state index is -0.533. The van der Waals surface area contributed by atoms with Crippen molar-refractivity contribution in [2.45, 2.75) is 37.8 Å². The number of carbonyl (C=O) groups excluding carboxylic acids is 1. The van der Waals surface area contributed by atoms with Crippen LogP contribution in [0.5, 0.6) is 0 Å². The first kappa shape index (κ1) is 15.0. The Morgan fingerprint density at radius 2 is 2.10 bits per heavy atom. The lowest BCUT2D eigenvalue weighted by Gasteiger charge is -2.28. The topological polar surface area (TPSA) is 49.8 Å². The van der Waals surface area contributed by atoms with Crippen LogP contribution in [0.25, 0.3) is 0 Å². The molecule has 0 bridgehead atoms. The minimum absolute atomic E-state index is 0.316. The van der Waals surface area contributed by atoms with E-state index in [2.05, 4.69) is 4.90 Å².